The van der Waals surface area contributed by atoms with Gasteiger partial charge >= 0.3 is 0 Å². The first kappa shape index (κ1) is 40.9. The predicted molar refractivity (Wildman–Crippen MR) is 182 cm³/mol. The Kier molecular flexibility index (Phi) is 15.6. The molecular formula is C38H48HeHfO3S2. The van der Waals surface area contributed by atoms with E-state index in [1.165, 1.54) is 20.2 Å². The third-order valence-corrected chi connectivity index (χ3v) is 10.8. The maximum atomic E-state index is 11.8. The summed E-state index contributed by atoms with van der Waals surface area (Å²) >= 11 is 0. The van der Waals surface area contributed by atoms with Crippen LogP contribution < -0.4 is 0 Å². The summed E-state index contributed by atoms with van der Waals surface area (Å²) in [7, 11) is -4.52. The number of hydrogen-bond acceptors (Lipinski definition) is 3. The summed E-state index contributed by atoms with van der Waals surface area (Å²) in [6.45, 7) is 20.6. The number of rotatable bonds is 7. The molecule has 0 spiro atoms. The summed E-state index contributed by atoms with van der Waals surface area (Å²) in [5.41, 5.74) is 4.98. The van der Waals surface area contributed by atoms with E-state index in [-0.39, 0.29) is 65.0 Å². The maximum Gasteiger partial charge on any atom is 0.166 e. The molecule has 236 valence electrons. The van der Waals surface area contributed by atoms with E-state index in [4.69, 9.17) is 0 Å². The fraction of sp³-hybridized carbons (Fsp3) is 0.368. The van der Waals surface area contributed by atoms with Crippen molar-refractivity contribution >= 4 is 21.0 Å². The van der Waals surface area contributed by atoms with Gasteiger partial charge in [0.25, 0.3) is 0 Å². The Hall–Kier alpha value is -2.08. The first-order chi connectivity index (χ1) is 20.0. The molecule has 0 saturated carbocycles. The average molecular weight is 799 g/mol. The molecule has 0 amide bonds. The van der Waals surface area contributed by atoms with Crippen molar-refractivity contribution in [3.63, 3.8) is 0 Å². The van der Waals surface area contributed by atoms with Gasteiger partial charge < -0.3 is 4.55 Å². The minimum atomic E-state index is -4.47. The van der Waals surface area contributed by atoms with Gasteiger partial charge in [0.2, 0.25) is 0 Å². The van der Waals surface area contributed by atoms with E-state index in [2.05, 4.69) is 120 Å². The second kappa shape index (κ2) is 17.2. The third-order valence-electron chi connectivity index (χ3n) is 7.64. The topological polar surface area (TPSA) is 57.2 Å². The Labute approximate surface area is 294 Å². The van der Waals surface area contributed by atoms with Crippen molar-refractivity contribution in [2.45, 2.75) is 112 Å². The van der Waals surface area contributed by atoms with Gasteiger partial charge in [-0.25, -0.2) is 8.42 Å². The molecule has 0 atom stereocenters. The molecule has 4 rings (SSSR count). The van der Waals surface area contributed by atoms with Crippen molar-refractivity contribution in [3.8, 4) is 0 Å². The normalized spacial score (nSPS) is 11.6. The van der Waals surface area contributed by atoms with Gasteiger partial charge in [-0.15, -0.1) is 0 Å². The van der Waals surface area contributed by atoms with Crippen molar-refractivity contribution in [1.29, 1.82) is 0 Å². The zero-order valence-corrected chi connectivity index (χ0v) is 33.9. The molecule has 3 nitrogen and oxygen atoms in total. The van der Waals surface area contributed by atoms with Gasteiger partial charge in [-0.2, -0.15) is 0 Å². The molecule has 0 aliphatic carbocycles. The summed E-state index contributed by atoms with van der Waals surface area (Å²) in [4.78, 5) is 4.10. The van der Waals surface area contributed by atoms with Gasteiger partial charge in [0.05, 0.1) is 15.8 Å². The van der Waals surface area contributed by atoms with Gasteiger partial charge in [-0.1, -0.05) is 117 Å². The van der Waals surface area contributed by atoms with Crippen LogP contribution in [0.2, 0.25) is 0 Å². The van der Waals surface area contributed by atoms with E-state index >= 15 is 0 Å². The molecule has 0 N–H and O–H groups in total. The van der Waals surface area contributed by atoms with Gasteiger partial charge in [0.15, 0.2) is 14.7 Å². The second-order valence-corrected chi connectivity index (χ2v) is 16.4. The number of hydrogen-bond donors (Lipinski definition) is 0. The zero-order chi connectivity index (χ0) is 32.1. The van der Waals surface area contributed by atoms with Crippen molar-refractivity contribution in [3.05, 3.63) is 119 Å². The van der Waals surface area contributed by atoms with Crippen molar-refractivity contribution in [2.75, 3.05) is 0 Å². The Bertz CT molecular complexity index is 1560. The molecule has 0 radical (unpaired) electrons. The van der Waals surface area contributed by atoms with Gasteiger partial charge in [0.1, 0.15) is 10.1 Å². The first-order valence-corrected chi connectivity index (χ1v) is 17.7. The first-order valence-electron chi connectivity index (χ1n) is 15.1. The molecule has 4 aromatic carbocycles. The van der Waals surface area contributed by atoms with Crippen LogP contribution in [-0.2, 0) is 52.3 Å². The predicted octanol–water partition coefficient (Wildman–Crippen LogP) is 10.3. The second-order valence-electron chi connectivity index (χ2n) is 13.0. The SMILES string of the molecule is CC(C)(C)c1ccc([S+](c2ccccc2)c2ccccc2)cc1.Cc1c(C(C)C)cc(C(C)C)c(S(=O)(=O)[O-])c1C(C)C.[He].[Hf]. The van der Waals surface area contributed by atoms with Crippen LogP contribution in [0.15, 0.2) is 111 Å². The minimum Gasteiger partial charge on any atom is -0.744 e. The molecular weight excluding hydrogens is 751 g/mol. The molecule has 0 unspecified atom stereocenters. The third kappa shape index (κ3) is 10.5. The van der Waals surface area contributed by atoms with Crippen molar-refractivity contribution in [1.82, 2.24) is 0 Å². The van der Waals surface area contributed by atoms with Crippen LogP contribution in [0.4, 0.5) is 0 Å². The maximum absolute atomic E-state index is 11.8. The van der Waals surface area contributed by atoms with Crippen LogP contribution in [0.25, 0.3) is 0 Å². The molecule has 45 heavy (non-hydrogen) atoms. The van der Waals surface area contributed by atoms with Gasteiger partial charge in [-0.05, 0) is 94.3 Å². The minimum absolute atomic E-state index is 0. The summed E-state index contributed by atoms with van der Waals surface area (Å²) < 4.78 is 35.3. The smallest absolute Gasteiger partial charge is 0.166 e. The largest absolute Gasteiger partial charge is 0.744 e. The van der Waals surface area contributed by atoms with E-state index in [0.717, 1.165) is 11.1 Å². The molecule has 0 saturated heterocycles. The standard InChI is InChI=1S/C22H23S.C16H26O3S.He.Hf/c1-22(2,3)18-14-16-21(17-15-18)23(19-10-6-4-7-11-19)20-12-8-5-9-13-20;1-9(2)13-8-14(10(3)4)16(20(17,18)19)15(11(5)6)12(13)7;;/h4-17H,1-3H3;8-11H,1-7H3,(H,17,18,19);;/q+1;;;/p-1. The molecule has 0 aromatic heterocycles. The molecule has 0 bridgehead atoms. The molecule has 0 heterocycles. The van der Waals surface area contributed by atoms with E-state index in [0.29, 0.717) is 17.0 Å². The van der Waals surface area contributed by atoms with Gasteiger partial charge in [-0.3, -0.25) is 0 Å². The van der Waals surface area contributed by atoms with Crippen molar-refractivity contribution < 1.29 is 45.0 Å². The Morgan fingerprint density at radius 1 is 0.644 bits per heavy atom. The zero-order valence-electron chi connectivity index (χ0n) is 28.6. The van der Waals surface area contributed by atoms with E-state index < -0.39 is 10.1 Å². The molecule has 0 aliphatic heterocycles. The Balaban J connectivity index is 0.000000436. The van der Waals surface area contributed by atoms with E-state index in [1.54, 1.807) is 0 Å². The molecule has 4 aromatic rings. The summed E-state index contributed by atoms with van der Waals surface area (Å²) in [6, 6.07) is 32.6. The Morgan fingerprint density at radius 3 is 1.38 bits per heavy atom. The van der Waals surface area contributed by atoms with E-state index in [1.807, 2.05) is 40.7 Å². The molecule has 0 fully saturated rings. The van der Waals surface area contributed by atoms with Crippen LogP contribution >= 0.6 is 0 Å². The van der Waals surface area contributed by atoms with Crippen molar-refractivity contribution in [2.24, 2.45) is 0 Å². The van der Waals surface area contributed by atoms with Crippen LogP contribution in [0.5, 0.6) is 0 Å². The summed E-state index contributed by atoms with van der Waals surface area (Å²) in [6.07, 6.45) is 0. The average Bonchev–Trinajstić information content (AvgIpc) is 2.93. The Morgan fingerprint density at radius 2 is 1.04 bits per heavy atom. The summed E-state index contributed by atoms with van der Waals surface area (Å²) in [5, 5.41) is 0. The van der Waals surface area contributed by atoms with Gasteiger partial charge in [0, 0.05) is 32.0 Å². The van der Waals surface area contributed by atoms with E-state index in [9.17, 15) is 13.0 Å². The fourth-order valence-electron chi connectivity index (χ4n) is 5.44. The quantitative estimate of drug-likeness (QED) is 0.106. The van der Waals surface area contributed by atoms with Crippen LogP contribution in [0, 0.1) is 13.1 Å². The van der Waals surface area contributed by atoms with Crippen LogP contribution in [0.1, 0.15) is 108 Å². The van der Waals surface area contributed by atoms with Crippen LogP contribution in [0.3, 0.4) is 0 Å². The molecule has 0 aliphatic rings. The van der Waals surface area contributed by atoms with Crippen LogP contribution in [-0.4, -0.2) is 13.0 Å². The number of benzene rings is 4. The molecule has 7 heteroatoms. The summed E-state index contributed by atoms with van der Waals surface area (Å²) in [5.74, 6) is 0.308. The fourth-order valence-corrected chi connectivity index (χ4v) is 8.76. The monoisotopic (exact) mass is 800 g/mol.